The van der Waals surface area contributed by atoms with Crippen molar-refractivity contribution < 1.29 is 23.8 Å². The summed E-state index contributed by atoms with van der Waals surface area (Å²) in [6.07, 6.45) is 1.08. The van der Waals surface area contributed by atoms with E-state index < -0.39 is 12.1 Å². The second-order valence-corrected chi connectivity index (χ2v) is 8.69. The Morgan fingerprint density at radius 2 is 2.03 bits per heavy atom. The summed E-state index contributed by atoms with van der Waals surface area (Å²) >= 11 is 6.49. The maximum atomic E-state index is 12.5. The van der Waals surface area contributed by atoms with Gasteiger partial charge in [0.25, 0.3) is 0 Å². The maximum absolute atomic E-state index is 12.5. The minimum absolute atomic E-state index is 0.0491. The van der Waals surface area contributed by atoms with E-state index in [9.17, 15) is 9.59 Å². The fraction of sp³-hybridized carbons (Fsp3) is 0.417. The van der Waals surface area contributed by atoms with Gasteiger partial charge in [0, 0.05) is 38.0 Å². The van der Waals surface area contributed by atoms with Crippen LogP contribution in [-0.2, 0) is 22.4 Å². The van der Waals surface area contributed by atoms with Crippen LogP contribution in [-0.4, -0.2) is 69.3 Å². The van der Waals surface area contributed by atoms with Crippen molar-refractivity contribution >= 4 is 23.7 Å². The SMILES string of the molecule is COC(=O)CN(C)C(=O)Oc1cc2c(cc1Cl)CCN(C)CC2c1cccc2c1OCC2. The smallest absolute Gasteiger partial charge is 0.415 e. The van der Waals surface area contributed by atoms with E-state index in [-0.39, 0.29) is 18.2 Å². The Morgan fingerprint density at radius 3 is 2.81 bits per heavy atom. The number of hydrogen-bond acceptors (Lipinski definition) is 6. The molecule has 170 valence electrons. The highest BCUT2D eigenvalue weighted by Gasteiger charge is 2.29. The lowest BCUT2D eigenvalue weighted by atomic mass is 9.86. The molecular formula is C24H27ClN2O5. The Labute approximate surface area is 192 Å². The number of amides is 1. The molecular weight excluding hydrogens is 432 g/mol. The van der Waals surface area contributed by atoms with Crippen LogP contribution in [0.3, 0.4) is 0 Å². The highest BCUT2D eigenvalue weighted by atomic mass is 35.5. The number of benzene rings is 2. The minimum atomic E-state index is -0.677. The first kappa shape index (κ1) is 22.4. The second-order valence-electron chi connectivity index (χ2n) is 8.28. The number of carbonyl (C=O) groups excluding carboxylic acids is 2. The van der Waals surface area contributed by atoms with Crippen LogP contribution in [0, 0.1) is 0 Å². The Kier molecular flexibility index (Phi) is 6.58. The molecule has 0 N–H and O–H groups in total. The number of likely N-dealkylation sites (N-methyl/N-ethyl adjacent to an activating group) is 2. The van der Waals surface area contributed by atoms with Crippen molar-refractivity contribution in [2.24, 2.45) is 0 Å². The molecule has 0 saturated heterocycles. The van der Waals surface area contributed by atoms with Crippen LogP contribution in [0.25, 0.3) is 0 Å². The number of rotatable bonds is 4. The number of nitrogens with zero attached hydrogens (tertiary/aromatic N) is 2. The van der Waals surface area contributed by atoms with Crippen LogP contribution in [0.1, 0.15) is 28.2 Å². The quantitative estimate of drug-likeness (QED) is 0.653. The molecule has 8 heteroatoms. The number of methoxy groups -OCH3 is 1. The topological polar surface area (TPSA) is 68.3 Å². The fourth-order valence-electron chi connectivity index (χ4n) is 4.32. The van der Waals surface area contributed by atoms with Gasteiger partial charge in [-0.15, -0.1) is 0 Å². The lowest BCUT2D eigenvalue weighted by molar-refractivity contribution is -0.141. The van der Waals surface area contributed by atoms with Gasteiger partial charge in [-0.25, -0.2) is 4.79 Å². The third-order valence-corrected chi connectivity index (χ3v) is 6.34. The zero-order valence-corrected chi connectivity index (χ0v) is 19.3. The van der Waals surface area contributed by atoms with E-state index in [0.29, 0.717) is 11.6 Å². The summed E-state index contributed by atoms with van der Waals surface area (Å²) in [6.45, 7) is 2.19. The number of carbonyl (C=O) groups is 2. The van der Waals surface area contributed by atoms with Crippen LogP contribution in [0.4, 0.5) is 4.79 Å². The van der Waals surface area contributed by atoms with Gasteiger partial charge in [-0.1, -0.05) is 29.8 Å². The van der Waals surface area contributed by atoms with E-state index in [1.807, 2.05) is 12.1 Å². The molecule has 0 radical (unpaired) electrons. The predicted octanol–water partition coefficient (Wildman–Crippen LogP) is 3.50. The summed E-state index contributed by atoms with van der Waals surface area (Å²) in [7, 11) is 4.85. The largest absolute Gasteiger partial charge is 0.493 e. The van der Waals surface area contributed by atoms with Crippen molar-refractivity contribution in [3.05, 3.63) is 57.6 Å². The van der Waals surface area contributed by atoms with Gasteiger partial charge in [0.15, 0.2) is 5.75 Å². The molecule has 4 rings (SSSR count). The van der Waals surface area contributed by atoms with Crippen LogP contribution >= 0.6 is 11.6 Å². The Balaban J connectivity index is 1.69. The normalized spacial score (nSPS) is 17.6. The molecule has 2 aromatic rings. The molecule has 0 spiro atoms. The summed E-state index contributed by atoms with van der Waals surface area (Å²) in [4.78, 5) is 27.4. The van der Waals surface area contributed by atoms with Crippen LogP contribution in [0.15, 0.2) is 30.3 Å². The molecule has 2 aromatic carbocycles. The first-order chi connectivity index (χ1) is 15.4. The molecule has 0 aliphatic carbocycles. The monoisotopic (exact) mass is 458 g/mol. The lowest BCUT2D eigenvalue weighted by Crippen LogP contribution is -2.34. The van der Waals surface area contributed by atoms with E-state index in [4.69, 9.17) is 21.1 Å². The Bertz CT molecular complexity index is 1040. The molecule has 1 atom stereocenters. The zero-order valence-electron chi connectivity index (χ0n) is 18.5. The van der Waals surface area contributed by atoms with Crippen molar-refractivity contribution in [1.29, 1.82) is 0 Å². The van der Waals surface area contributed by atoms with Crippen LogP contribution < -0.4 is 9.47 Å². The highest BCUT2D eigenvalue weighted by molar-refractivity contribution is 6.32. The third kappa shape index (κ3) is 4.54. The summed E-state index contributed by atoms with van der Waals surface area (Å²) in [5.41, 5.74) is 4.56. The van der Waals surface area contributed by atoms with Crippen molar-refractivity contribution in [2.45, 2.75) is 18.8 Å². The van der Waals surface area contributed by atoms with Gasteiger partial charge < -0.3 is 19.1 Å². The molecule has 0 bridgehead atoms. The first-order valence-electron chi connectivity index (χ1n) is 10.6. The number of esters is 1. The number of ether oxygens (including phenoxy) is 3. The van der Waals surface area contributed by atoms with Crippen molar-refractivity contribution in [3.63, 3.8) is 0 Å². The number of halogens is 1. The average molecular weight is 459 g/mol. The maximum Gasteiger partial charge on any atom is 0.415 e. The Morgan fingerprint density at radius 1 is 1.22 bits per heavy atom. The third-order valence-electron chi connectivity index (χ3n) is 6.05. The highest BCUT2D eigenvalue weighted by Crippen LogP contribution is 2.42. The fourth-order valence-corrected chi connectivity index (χ4v) is 4.54. The van der Waals surface area contributed by atoms with Gasteiger partial charge in [0.2, 0.25) is 0 Å². The van der Waals surface area contributed by atoms with Gasteiger partial charge >= 0.3 is 12.1 Å². The average Bonchev–Trinajstić information content (AvgIpc) is 3.20. The molecule has 1 amide bonds. The summed E-state index contributed by atoms with van der Waals surface area (Å²) in [5, 5.41) is 0.362. The van der Waals surface area contributed by atoms with Crippen molar-refractivity contribution in [2.75, 3.05) is 47.4 Å². The first-order valence-corrected chi connectivity index (χ1v) is 11.0. The van der Waals surface area contributed by atoms with Crippen LogP contribution in [0.5, 0.6) is 11.5 Å². The van der Waals surface area contributed by atoms with Crippen molar-refractivity contribution in [1.82, 2.24) is 9.80 Å². The molecule has 32 heavy (non-hydrogen) atoms. The van der Waals surface area contributed by atoms with Crippen LogP contribution in [0.2, 0.25) is 5.02 Å². The van der Waals surface area contributed by atoms with E-state index >= 15 is 0 Å². The number of hydrogen-bond donors (Lipinski definition) is 0. The molecule has 2 heterocycles. The minimum Gasteiger partial charge on any atom is -0.493 e. The molecule has 0 aromatic heterocycles. The molecule has 2 aliphatic rings. The summed E-state index contributed by atoms with van der Waals surface area (Å²) in [6, 6.07) is 10.0. The van der Waals surface area contributed by atoms with Gasteiger partial charge in [0.1, 0.15) is 12.3 Å². The van der Waals surface area contributed by atoms with Gasteiger partial charge in [-0.3, -0.25) is 9.69 Å². The van der Waals surface area contributed by atoms with Gasteiger partial charge in [-0.05, 0) is 42.3 Å². The number of fused-ring (bicyclic) bond motifs is 2. The zero-order chi connectivity index (χ0) is 22.8. The van der Waals surface area contributed by atoms with Gasteiger partial charge in [-0.2, -0.15) is 0 Å². The van der Waals surface area contributed by atoms with E-state index in [1.165, 1.54) is 19.7 Å². The molecule has 2 aliphatic heterocycles. The van der Waals surface area contributed by atoms with E-state index in [1.54, 1.807) is 0 Å². The summed E-state index contributed by atoms with van der Waals surface area (Å²) in [5.74, 6) is 0.756. The van der Waals surface area contributed by atoms with Crippen molar-refractivity contribution in [3.8, 4) is 11.5 Å². The predicted molar refractivity (Wildman–Crippen MR) is 121 cm³/mol. The standard InChI is InChI=1S/C24H27ClN2O5/c1-26-9-7-16-11-20(25)21(32-24(29)27(2)14-22(28)30-3)12-18(16)19(13-26)17-6-4-5-15-8-10-31-23(15)17/h4-6,11-12,19H,7-10,13-14H2,1-3H3. The summed E-state index contributed by atoms with van der Waals surface area (Å²) < 4.78 is 16.2. The molecule has 0 fully saturated rings. The molecule has 0 saturated carbocycles. The van der Waals surface area contributed by atoms with E-state index in [2.05, 4.69) is 34.9 Å². The second kappa shape index (κ2) is 9.38. The Hall–Kier alpha value is -2.77. The molecule has 7 nitrogen and oxygen atoms in total. The van der Waals surface area contributed by atoms with Gasteiger partial charge in [0.05, 0.1) is 18.7 Å². The lowest BCUT2D eigenvalue weighted by Gasteiger charge is -2.24. The molecule has 1 unspecified atom stereocenters. The van der Waals surface area contributed by atoms with E-state index in [0.717, 1.165) is 53.3 Å². The number of para-hydroxylation sites is 1.